The lowest BCUT2D eigenvalue weighted by molar-refractivity contribution is 0.0327. The van der Waals surface area contributed by atoms with Crippen molar-refractivity contribution in [3.63, 3.8) is 0 Å². The number of allylic oxidation sites excluding steroid dienone is 1. The number of nitrogens with zero attached hydrogens (tertiary/aromatic N) is 3. The highest BCUT2D eigenvalue weighted by molar-refractivity contribution is 7.18. The van der Waals surface area contributed by atoms with Crippen molar-refractivity contribution < 1.29 is 18.3 Å². The van der Waals surface area contributed by atoms with E-state index in [0.29, 0.717) is 31.5 Å². The van der Waals surface area contributed by atoms with Crippen LogP contribution in [0.3, 0.4) is 0 Å². The summed E-state index contributed by atoms with van der Waals surface area (Å²) in [6.45, 7) is 9.62. The molecule has 1 aromatic carbocycles. The molecule has 180 valence electrons. The van der Waals surface area contributed by atoms with E-state index in [4.69, 9.17) is 9.72 Å². The van der Waals surface area contributed by atoms with E-state index in [1.807, 2.05) is 25.7 Å². The zero-order valence-corrected chi connectivity index (χ0v) is 20.6. The lowest BCUT2D eigenvalue weighted by Gasteiger charge is -2.33. The molecule has 0 unspecified atom stereocenters. The number of aromatic nitrogens is 1. The highest BCUT2D eigenvalue weighted by Gasteiger charge is 2.30. The molecule has 2 aromatic rings. The first kappa shape index (κ1) is 24.1. The Balaban J connectivity index is 1.53. The van der Waals surface area contributed by atoms with Crippen molar-refractivity contribution in [1.82, 2.24) is 14.8 Å². The van der Waals surface area contributed by atoms with Crippen LogP contribution in [0.4, 0.5) is 13.6 Å². The Morgan fingerprint density at radius 1 is 1.27 bits per heavy atom. The molecule has 2 aliphatic heterocycles. The number of fused-ring (bicyclic) bond motifs is 1. The number of thiazole rings is 1. The van der Waals surface area contributed by atoms with E-state index in [9.17, 15) is 13.6 Å². The molecule has 1 saturated heterocycles. The van der Waals surface area contributed by atoms with Gasteiger partial charge >= 0.3 is 6.09 Å². The summed E-state index contributed by atoms with van der Waals surface area (Å²) in [4.78, 5) is 21.4. The second-order valence-electron chi connectivity index (χ2n) is 10.2. The summed E-state index contributed by atoms with van der Waals surface area (Å²) >= 11 is 1.69. The highest BCUT2D eigenvalue weighted by atomic mass is 32.1. The van der Waals surface area contributed by atoms with E-state index in [2.05, 4.69) is 31.2 Å². The summed E-state index contributed by atoms with van der Waals surface area (Å²) in [6, 6.07) is 6.18. The van der Waals surface area contributed by atoms with Crippen LogP contribution in [-0.2, 0) is 4.74 Å². The van der Waals surface area contributed by atoms with Gasteiger partial charge in [-0.25, -0.2) is 18.6 Å². The number of hydrogen-bond donors (Lipinski definition) is 0. The first-order valence-electron chi connectivity index (χ1n) is 11.7. The third kappa shape index (κ3) is 5.90. The van der Waals surface area contributed by atoms with Crippen molar-refractivity contribution in [2.24, 2.45) is 5.92 Å². The maximum Gasteiger partial charge on any atom is 0.414 e. The zero-order chi connectivity index (χ0) is 23.8. The Bertz CT molecular complexity index is 1020. The standard InChI is InChI=1S/C25H33F2N3O2S/c1-16-5-7-20(30(14-16)24(31)32-25(2,3)4)18-6-8-21-19(13-18)28-23(33-21)17-9-11-29(12-10-17)15-22(26)27/h6-8,13,16-17,22H,5,9-12,14-15H2,1-4H3/t16-/m0/s1. The third-order valence-electron chi connectivity index (χ3n) is 6.15. The fourth-order valence-corrected chi connectivity index (χ4v) is 5.62. The number of amides is 1. The van der Waals surface area contributed by atoms with Crippen molar-refractivity contribution >= 4 is 33.3 Å². The minimum Gasteiger partial charge on any atom is -0.443 e. The van der Waals surface area contributed by atoms with E-state index >= 15 is 0 Å². The van der Waals surface area contributed by atoms with Gasteiger partial charge in [0, 0.05) is 18.0 Å². The second kappa shape index (κ2) is 9.66. The number of halogens is 2. The van der Waals surface area contributed by atoms with Gasteiger partial charge in [-0.05, 0) is 71.2 Å². The van der Waals surface area contributed by atoms with E-state index in [0.717, 1.165) is 45.7 Å². The summed E-state index contributed by atoms with van der Waals surface area (Å²) in [5.41, 5.74) is 2.20. The number of likely N-dealkylation sites (tertiary alicyclic amines) is 1. The molecule has 1 fully saturated rings. The minimum absolute atomic E-state index is 0.141. The molecule has 3 heterocycles. The summed E-state index contributed by atoms with van der Waals surface area (Å²) < 4.78 is 32.1. The first-order chi connectivity index (χ1) is 15.6. The number of alkyl halides is 2. The Morgan fingerprint density at radius 3 is 2.67 bits per heavy atom. The van der Waals surface area contributed by atoms with Gasteiger partial charge in [-0.15, -0.1) is 11.3 Å². The molecule has 0 radical (unpaired) electrons. The molecule has 0 saturated carbocycles. The highest BCUT2D eigenvalue weighted by Crippen LogP contribution is 2.36. The fourth-order valence-electron chi connectivity index (χ4n) is 4.51. The number of carbonyl (C=O) groups is 1. The summed E-state index contributed by atoms with van der Waals surface area (Å²) in [6.07, 6.45) is 2.14. The molecule has 0 N–H and O–H groups in total. The minimum atomic E-state index is -2.28. The molecule has 4 rings (SSSR count). The van der Waals surface area contributed by atoms with Crippen molar-refractivity contribution in [2.45, 2.75) is 64.9 Å². The van der Waals surface area contributed by atoms with Crippen molar-refractivity contribution in [3.8, 4) is 0 Å². The largest absolute Gasteiger partial charge is 0.443 e. The van der Waals surface area contributed by atoms with E-state index in [-0.39, 0.29) is 12.6 Å². The number of ether oxygens (including phenoxy) is 1. The summed E-state index contributed by atoms with van der Waals surface area (Å²) in [7, 11) is 0. The van der Waals surface area contributed by atoms with Gasteiger partial charge in [-0.1, -0.05) is 19.1 Å². The van der Waals surface area contributed by atoms with E-state index < -0.39 is 12.0 Å². The zero-order valence-electron chi connectivity index (χ0n) is 19.8. The Morgan fingerprint density at radius 2 is 2.00 bits per heavy atom. The normalized spacial score (nSPS) is 21.0. The van der Waals surface area contributed by atoms with E-state index in [1.54, 1.807) is 16.2 Å². The fraction of sp³-hybridized carbons (Fsp3) is 0.600. The molecule has 1 atom stereocenters. The number of rotatable bonds is 4. The Kier molecular flexibility index (Phi) is 7.05. The predicted molar refractivity (Wildman–Crippen MR) is 129 cm³/mol. The SMILES string of the molecule is C[C@H]1CC=C(c2ccc3sc(C4CCN(CC(F)F)CC4)nc3c2)N(C(=O)OC(C)(C)C)C1. The molecule has 1 aromatic heterocycles. The third-order valence-corrected chi connectivity index (χ3v) is 7.34. The van der Waals surface area contributed by atoms with Crippen molar-refractivity contribution in [1.29, 1.82) is 0 Å². The molecule has 33 heavy (non-hydrogen) atoms. The topological polar surface area (TPSA) is 45.7 Å². The molecular weight excluding hydrogens is 444 g/mol. The van der Waals surface area contributed by atoms with Crippen LogP contribution in [0.25, 0.3) is 15.9 Å². The number of carbonyl (C=O) groups excluding carboxylic acids is 1. The van der Waals surface area contributed by atoms with Crippen LogP contribution >= 0.6 is 11.3 Å². The van der Waals surface area contributed by atoms with Crippen LogP contribution in [0.15, 0.2) is 24.3 Å². The van der Waals surface area contributed by atoms with Crippen LogP contribution < -0.4 is 0 Å². The van der Waals surface area contributed by atoms with Crippen molar-refractivity contribution in [2.75, 3.05) is 26.2 Å². The van der Waals surface area contributed by atoms with Crippen LogP contribution in [0.2, 0.25) is 0 Å². The average molecular weight is 478 g/mol. The first-order valence-corrected chi connectivity index (χ1v) is 12.5. The Hall–Kier alpha value is -2.06. The molecule has 2 aliphatic rings. The maximum absolute atomic E-state index is 12.9. The van der Waals surface area contributed by atoms with Gasteiger partial charge in [0.15, 0.2) is 0 Å². The lowest BCUT2D eigenvalue weighted by Crippen LogP contribution is -2.39. The smallest absolute Gasteiger partial charge is 0.414 e. The second-order valence-corrected chi connectivity index (χ2v) is 11.3. The van der Waals surface area contributed by atoms with E-state index in [1.165, 1.54) is 0 Å². The lowest BCUT2D eigenvalue weighted by atomic mass is 9.97. The van der Waals surface area contributed by atoms with Crippen LogP contribution in [0.5, 0.6) is 0 Å². The maximum atomic E-state index is 12.9. The Labute approximate surface area is 198 Å². The molecule has 0 spiro atoms. The van der Waals surface area contributed by atoms with Gasteiger partial charge in [0.2, 0.25) is 0 Å². The van der Waals surface area contributed by atoms with Gasteiger partial charge in [0.1, 0.15) is 5.60 Å². The number of piperidine rings is 1. The molecule has 0 bridgehead atoms. The van der Waals surface area contributed by atoms with Gasteiger partial charge in [0.05, 0.1) is 27.5 Å². The molecule has 0 aliphatic carbocycles. The van der Waals surface area contributed by atoms with Gasteiger partial charge in [-0.3, -0.25) is 9.80 Å². The number of benzene rings is 1. The summed E-state index contributed by atoms with van der Waals surface area (Å²) in [5.74, 6) is 0.680. The van der Waals surface area contributed by atoms with Gasteiger partial charge < -0.3 is 4.74 Å². The monoisotopic (exact) mass is 477 g/mol. The molecule has 8 heteroatoms. The average Bonchev–Trinajstić information content (AvgIpc) is 3.16. The summed E-state index contributed by atoms with van der Waals surface area (Å²) in [5, 5.41) is 1.08. The molecule has 5 nitrogen and oxygen atoms in total. The molecule has 1 amide bonds. The van der Waals surface area contributed by atoms with Crippen LogP contribution in [-0.4, -0.2) is 59.1 Å². The quantitative estimate of drug-likeness (QED) is 0.514. The number of hydrogen-bond acceptors (Lipinski definition) is 5. The van der Waals surface area contributed by atoms with Gasteiger partial charge in [0.25, 0.3) is 6.43 Å². The van der Waals surface area contributed by atoms with Crippen LogP contribution in [0.1, 0.15) is 63.4 Å². The molecular formula is C25H33F2N3O2S. The predicted octanol–water partition coefficient (Wildman–Crippen LogP) is 6.36. The van der Waals surface area contributed by atoms with Crippen LogP contribution in [0, 0.1) is 5.92 Å². The van der Waals surface area contributed by atoms with Crippen molar-refractivity contribution in [3.05, 3.63) is 34.8 Å². The van der Waals surface area contributed by atoms with Gasteiger partial charge in [-0.2, -0.15) is 0 Å².